The highest BCUT2D eigenvalue weighted by Crippen LogP contribution is 2.21. The molecule has 6 heteroatoms. The second kappa shape index (κ2) is 5.73. The summed E-state index contributed by atoms with van der Waals surface area (Å²) in [4.78, 5) is 36.3. The standard InChI is InChI=1S/C14H16N2O4/c1-9(17)16-7-10(8-16)13(18)15-12-6-4-3-5-11(12)14(19)20-2/h3-6,10H,7-8H2,1-2H3,(H,15,18). The number of methoxy groups -OCH3 is 1. The van der Waals surface area contributed by atoms with Crippen LogP contribution >= 0.6 is 0 Å². The average molecular weight is 276 g/mol. The van der Waals surface area contributed by atoms with Gasteiger partial charge in [-0.15, -0.1) is 0 Å². The second-order valence-corrected chi connectivity index (χ2v) is 4.65. The average Bonchev–Trinajstić information content (AvgIpc) is 2.36. The Labute approximate surface area is 116 Å². The van der Waals surface area contributed by atoms with Gasteiger partial charge in [-0.2, -0.15) is 0 Å². The molecule has 1 aliphatic heterocycles. The van der Waals surface area contributed by atoms with Crippen molar-refractivity contribution < 1.29 is 19.1 Å². The van der Waals surface area contributed by atoms with Crippen molar-refractivity contribution in [3.8, 4) is 0 Å². The third-order valence-electron chi connectivity index (χ3n) is 3.29. The molecule has 1 fully saturated rings. The smallest absolute Gasteiger partial charge is 0.339 e. The molecule has 0 unspecified atom stereocenters. The minimum atomic E-state index is -0.500. The lowest BCUT2D eigenvalue weighted by molar-refractivity contribution is -0.139. The van der Waals surface area contributed by atoms with Gasteiger partial charge in [-0.05, 0) is 12.1 Å². The molecule has 2 amide bonds. The zero-order valence-corrected chi connectivity index (χ0v) is 11.4. The van der Waals surface area contributed by atoms with E-state index in [1.54, 1.807) is 29.2 Å². The molecular formula is C14H16N2O4. The van der Waals surface area contributed by atoms with E-state index >= 15 is 0 Å². The van der Waals surface area contributed by atoms with Crippen molar-refractivity contribution >= 4 is 23.5 Å². The third kappa shape index (κ3) is 2.79. The topological polar surface area (TPSA) is 75.7 Å². The SMILES string of the molecule is COC(=O)c1ccccc1NC(=O)C1CN(C(C)=O)C1. The number of rotatable bonds is 3. The monoisotopic (exact) mass is 276 g/mol. The molecule has 1 aromatic rings. The first-order valence-corrected chi connectivity index (χ1v) is 6.26. The van der Waals surface area contributed by atoms with Crippen molar-refractivity contribution in [2.45, 2.75) is 6.92 Å². The molecule has 106 valence electrons. The highest BCUT2D eigenvalue weighted by atomic mass is 16.5. The van der Waals surface area contributed by atoms with Crippen LogP contribution in [-0.4, -0.2) is 42.9 Å². The summed E-state index contributed by atoms with van der Waals surface area (Å²) in [5.41, 5.74) is 0.733. The minimum Gasteiger partial charge on any atom is -0.465 e. The maximum atomic E-state index is 12.0. The van der Waals surface area contributed by atoms with Crippen LogP contribution in [0.25, 0.3) is 0 Å². The Kier molecular flexibility index (Phi) is 4.02. The molecular weight excluding hydrogens is 260 g/mol. The number of hydrogen-bond donors (Lipinski definition) is 1. The number of carbonyl (C=O) groups excluding carboxylic acids is 3. The predicted molar refractivity (Wildman–Crippen MR) is 72.2 cm³/mol. The fourth-order valence-corrected chi connectivity index (χ4v) is 2.02. The number of esters is 1. The zero-order valence-electron chi connectivity index (χ0n) is 11.4. The Morgan fingerprint density at radius 3 is 2.50 bits per heavy atom. The molecule has 1 N–H and O–H groups in total. The van der Waals surface area contributed by atoms with E-state index in [0.29, 0.717) is 24.3 Å². The second-order valence-electron chi connectivity index (χ2n) is 4.65. The number of ether oxygens (including phenoxy) is 1. The highest BCUT2D eigenvalue weighted by molar-refractivity contribution is 6.02. The Bertz CT molecular complexity index is 550. The molecule has 0 radical (unpaired) electrons. The summed E-state index contributed by atoms with van der Waals surface area (Å²) >= 11 is 0. The van der Waals surface area contributed by atoms with E-state index in [9.17, 15) is 14.4 Å². The summed E-state index contributed by atoms with van der Waals surface area (Å²) in [6.07, 6.45) is 0. The van der Waals surface area contributed by atoms with Crippen LogP contribution in [-0.2, 0) is 14.3 Å². The lowest BCUT2D eigenvalue weighted by Crippen LogP contribution is -2.53. The first-order valence-electron chi connectivity index (χ1n) is 6.26. The summed E-state index contributed by atoms with van der Waals surface area (Å²) in [7, 11) is 1.29. The van der Waals surface area contributed by atoms with Crippen molar-refractivity contribution in [2.24, 2.45) is 5.92 Å². The summed E-state index contributed by atoms with van der Waals surface area (Å²) in [6.45, 7) is 2.31. The van der Waals surface area contributed by atoms with Crippen molar-refractivity contribution in [1.82, 2.24) is 4.90 Å². The van der Waals surface area contributed by atoms with E-state index in [-0.39, 0.29) is 17.7 Å². The maximum absolute atomic E-state index is 12.0. The van der Waals surface area contributed by atoms with Crippen LogP contribution in [0.2, 0.25) is 0 Å². The Hall–Kier alpha value is -2.37. The number of para-hydroxylation sites is 1. The van der Waals surface area contributed by atoms with Crippen LogP contribution in [0.5, 0.6) is 0 Å². The number of amides is 2. The van der Waals surface area contributed by atoms with Crippen LogP contribution in [0.4, 0.5) is 5.69 Å². The lowest BCUT2D eigenvalue weighted by Gasteiger charge is -2.37. The number of carbonyl (C=O) groups is 3. The van der Waals surface area contributed by atoms with Gasteiger partial charge in [0.2, 0.25) is 11.8 Å². The molecule has 0 aromatic heterocycles. The number of nitrogens with one attached hydrogen (secondary N) is 1. The van der Waals surface area contributed by atoms with E-state index in [2.05, 4.69) is 10.1 Å². The Balaban J connectivity index is 2.02. The maximum Gasteiger partial charge on any atom is 0.339 e. The van der Waals surface area contributed by atoms with Crippen molar-refractivity contribution in [2.75, 3.05) is 25.5 Å². The van der Waals surface area contributed by atoms with Crippen LogP contribution in [0, 0.1) is 5.92 Å². The molecule has 6 nitrogen and oxygen atoms in total. The molecule has 0 spiro atoms. The van der Waals surface area contributed by atoms with Gasteiger partial charge in [0.15, 0.2) is 0 Å². The molecule has 0 atom stereocenters. The number of hydrogen-bond acceptors (Lipinski definition) is 4. The van der Waals surface area contributed by atoms with Gasteiger partial charge in [-0.3, -0.25) is 9.59 Å². The quantitative estimate of drug-likeness (QED) is 0.832. The highest BCUT2D eigenvalue weighted by Gasteiger charge is 2.34. The van der Waals surface area contributed by atoms with Gasteiger partial charge < -0.3 is 15.0 Å². The predicted octanol–water partition coefficient (Wildman–Crippen LogP) is 0.890. The van der Waals surface area contributed by atoms with Gasteiger partial charge in [-0.1, -0.05) is 12.1 Å². The fourth-order valence-electron chi connectivity index (χ4n) is 2.02. The van der Waals surface area contributed by atoms with Gasteiger partial charge in [0.1, 0.15) is 0 Å². The van der Waals surface area contributed by atoms with Gasteiger partial charge in [-0.25, -0.2) is 4.79 Å². The Morgan fingerprint density at radius 2 is 1.90 bits per heavy atom. The minimum absolute atomic E-state index is 0.0380. The van der Waals surface area contributed by atoms with E-state index in [1.807, 2.05) is 0 Å². The number of likely N-dealkylation sites (tertiary alicyclic amines) is 1. The first-order chi connectivity index (χ1) is 9.52. The molecule has 1 aromatic carbocycles. The van der Waals surface area contributed by atoms with Crippen LogP contribution in [0.1, 0.15) is 17.3 Å². The summed E-state index contributed by atoms with van der Waals surface area (Å²) in [5, 5.41) is 2.71. The molecule has 0 saturated carbocycles. The normalized spacial score (nSPS) is 14.4. The summed E-state index contributed by atoms with van der Waals surface area (Å²) in [5.74, 6) is -0.965. The molecule has 0 aliphatic carbocycles. The van der Waals surface area contributed by atoms with Crippen LogP contribution in [0.3, 0.4) is 0 Å². The van der Waals surface area contributed by atoms with Gasteiger partial charge >= 0.3 is 5.97 Å². The van der Waals surface area contributed by atoms with Crippen molar-refractivity contribution in [3.05, 3.63) is 29.8 Å². The molecule has 1 heterocycles. The van der Waals surface area contributed by atoms with Crippen LogP contribution in [0.15, 0.2) is 24.3 Å². The van der Waals surface area contributed by atoms with Crippen molar-refractivity contribution in [3.63, 3.8) is 0 Å². The van der Waals surface area contributed by atoms with Crippen molar-refractivity contribution in [1.29, 1.82) is 0 Å². The number of nitrogens with zero attached hydrogens (tertiary/aromatic N) is 1. The van der Waals surface area contributed by atoms with E-state index in [4.69, 9.17) is 0 Å². The van der Waals surface area contributed by atoms with Gasteiger partial charge in [0.25, 0.3) is 0 Å². The first kappa shape index (κ1) is 14.0. The molecule has 1 saturated heterocycles. The third-order valence-corrected chi connectivity index (χ3v) is 3.29. The Morgan fingerprint density at radius 1 is 1.25 bits per heavy atom. The van der Waals surface area contributed by atoms with Crippen LogP contribution < -0.4 is 5.32 Å². The molecule has 1 aliphatic rings. The summed E-state index contributed by atoms with van der Waals surface area (Å²) < 4.78 is 4.66. The van der Waals surface area contributed by atoms with E-state index in [1.165, 1.54) is 14.0 Å². The molecule has 20 heavy (non-hydrogen) atoms. The number of benzene rings is 1. The lowest BCUT2D eigenvalue weighted by atomic mass is 9.99. The fraction of sp³-hybridized carbons (Fsp3) is 0.357. The zero-order chi connectivity index (χ0) is 14.7. The molecule has 0 bridgehead atoms. The van der Waals surface area contributed by atoms with Gasteiger partial charge in [0.05, 0.1) is 24.3 Å². The largest absolute Gasteiger partial charge is 0.465 e. The molecule has 2 rings (SSSR count). The summed E-state index contributed by atoms with van der Waals surface area (Å²) in [6, 6.07) is 6.66. The van der Waals surface area contributed by atoms with E-state index in [0.717, 1.165) is 0 Å². The van der Waals surface area contributed by atoms with Gasteiger partial charge in [0, 0.05) is 20.0 Å². The number of anilines is 1. The van der Waals surface area contributed by atoms with E-state index < -0.39 is 5.97 Å².